The monoisotopic (exact) mass is 346 g/mol. The van der Waals surface area contributed by atoms with Crippen LogP contribution in [0, 0.1) is 0 Å². The third kappa shape index (κ3) is 2.65. The van der Waals surface area contributed by atoms with Crippen LogP contribution in [-0.2, 0) is 10.2 Å². The summed E-state index contributed by atoms with van der Waals surface area (Å²) in [5.41, 5.74) is 3.25. The fourth-order valence-corrected chi connectivity index (χ4v) is 3.07. The highest BCUT2D eigenvalue weighted by molar-refractivity contribution is 6.08. The van der Waals surface area contributed by atoms with Gasteiger partial charge < -0.3 is 15.2 Å². The van der Waals surface area contributed by atoms with Crippen molar-refractivity contribution in [1.29, 1.82) is 0 Å². The van der Waals surface area contributed by atoms with Gasteiger partial charge in [-0.1, -0.05) is 6.07 Å². The number of benzene rings is 2. The maximum absolute atomic E-state index is 12.5. The maximum Gasteiger partial charge on any atom is 0.255 e. The minimum absolute atomic E-state index is 0.0360. The molecule has 0 fully saturated rings. The number of nitrogens with zero attached hydrogens (tertiary/aromatic N) is 2. The van der Waals surface area contributed by atoms with E-state index in [2.05, 4.69) is 15.6 Å². The average molecular weight is 346 g/mol. The van der Waals surface area contributed by atoms with Crippen molar-refractivity contribution in [3.63, 3.8) is 0 Å². The first-order chi connectivity index (χ1) is 12.4. The predicted molar refractivity (Wildman–Crippen MR) is 99.6 cm³/mol. The molecule has 1 aromatic heterocycles. The van der Waals surface area contributed by atoms with Crippen molar-refractivity contribution in [3.05, 3.63) is 72.3 Å². The van der Waals surface area contributed by atoms with Crippen molar-refractivity contribution in [2.24, 2.45) is 0 Å². The zero-order valence-corrected chi connectivity index (χ0v) is 14.5. The van der Waals surface area contributed by atoms with Gasteiger partial charge in [0.15, 0.2) is 0 Å². The van der Waals surface area contributed by atoms with E-state index in [1.807, 2.05) is 48.9 Å². The molecule has 1 aliphatic rings. The Labute approximate surface area is 150 Å². The van der Waals surface area contributed by atoms with Crippen molar-refractivity contribution in [2.45, 2.75) is 19.3 Å². The Balaban J connectivity index is 1.52. The Morgan fingerprint density at radius 2 is 1.92 bits per heavy atom. The van der Waals surface area contributed by atoms with Crippen molar-refractivity contribution in [1.82, 2.24) is 9.55 Å². The van der Waals surface area contributed by atoms with Gasteiger partial charge in [0.05, 0.1) is 11.7 Å². The number of hydrogen-bond acceptors (Lipinski definition) is 3. The van der Waals surface area contributed by atoms with Crippen LogP contribution in [0.25, 0.3) is 5.69 Å². The molecule has 2 aromatic carbocycles. The van der Waals surface area contributed by atoms with Crippen LogP contribution in [0.15, 0.2) is 61.2 Å². The van der Waals surface area contributed by atoms with Gasteiger partial charge in [0, 0.05) is 35.0 Å². The van der Waals surface area contributed by atoms with Gasteiger partial charge in [-0.3, -0.25) is 9.59 Å². The second-order valence-corrected chi connectivity index (χ2v) is 6.81. The van der Waals surface area contributed by atoms with E-state index in [1.54, 1.807) is 30.7 Å². The molecule has 2 N–H and O–H groups in total. The Hall–Kier alpha value is -3.41. The number of carbonyl (C=O) groups is 2. The zero-order valence-electron chi connectivity index (χ0n) is 14.5. The molecule has 0 atom stereocenters. The summed E-state index contributed by atoms with van der Waals surface area (Å²) in [5.74, 6) is -0.239. The van der Waals surface area contributed by atoms with Gasteiger partial charge in [0.1, 0.15) is 0 Å². The van der Waals surface area contributed by atoms with Crippen LogP contribution in [-0.4, -0.2) is 21.4 Å². The third-order valence-corrected chi connectivity index (χ3v) is 4.70. The summed E-state index contributed by atoms with van der Waals surface area (Å²) >= 11 is 0. The number of nitrogens with one attached hydrogen (secondary N) is 2. The third-order valence-electron chi connectivity index (χ3n) is 4.70. The summed E-state index contributed by atoms with van der Waals surface area (Å²) in [6.07, 6.45) is 5.25. The minimum Gasteiger partial charge on any atom is -0.325 e. The predicted octanol–water partition coefficient (Wildman–Crippen LogP) is 3.35. The number of amides is 2. The minimum atomic E-state index is -0.555. The Morgan fingerprint density at radius 3 is 2.62 bits per heavy atom. The van der Waals surface area contributed by atoms with E-state index in [1.165, 1.54) is 0 Å². The second-order valence-electron chi connectivity index (χ2n) is 6.81. The molecule has 3 aromatic rings. The van der Waals surface area contributed by atoms with E-state index in [4.69, 9.17) is 0 Å². The first-order valence-electron chi connectivity index (χ1n) is 8.31. The van der Waals surface area contributed by atoms with Crippen molar-refractivity contribution in [3.8, 4) is 5.69 Å². The molecule has 0 unspecified atom stereocenters. The van der Waals surface area contributed by atoms with Crippen molar-refractivity contribution >= 4 is 23.2 Å². The van der Waals surface area contributed by atoms with E-state index in [9.17, 15) is 9.59 Å². The quantitative estimate of drug-likeness (QED) is 0.763. The number of carbonyl (C=O) groups excluding carboxylic acids is 2. The number of fused-ring (bicyclic) bond motifs is 1. The Bertz CT molecular complexity index is 989. The largest absolute Gasteiger partial charge is 0.325 e. The molecule has 0 aliphatic carbocycles. The number of hydrogen-bond donors (Lipinski definition) is 2. The zero-order chi connectivity index (χ0) is 18.3. The van der Waals surface area contributed by atoms with Gasteiger partial charge in [0.25, 0.3) is 5.91 Å². The van der Waals surface area contributed by atoms with Gasteiger partial charge in [-0.05, 0) is 55.8 Å². The molecule has 0 saturated carbocycles. The van der Waals surface area contributed by atoms with Gasteiger partial charge in [-0.25, -0.2) is 4.98 Å². The number of imidazole rings is 1. The molecule has 4 rings (SSSR count). The van der Waals surface area contributed by atoms with Crippen LogP contribution in [0.3, 0.4) is 0 Å². The standard InChI is InChI=1S/C20H18N4O2/c1-20(2)16-8-5-14(11-17(16)23-19(20)26)22-18(25)13-3-6-15(7-4-13)24-10-9-21-12-24/h3-12H,1-2H3,(H,22,25)(H,23,26). The highest BCUT2D eigenvalue weighted by Crippen LogP contribution is 2.38. The fraction of sp³-hybridized carbons (Fsp3) is 0.150. The van der Waals surface area contributed by atoms with E-state index < -0.39 is 5.41 Å². The molecule has 2 heterocycles. The van der Waals surface area contributed by atoms with E-state index in [-0.39, 0.29) is 11.8 Å². The highest BCUT2D eigenvalue weighted by Gasteiger charge is 2.38. The van der Waals surface area contributed by atoms with Crippen LogP contribution in [0.1, 0.15) is 29.8 Å². The molecule has 130 valence electrons. The Kier molecular flexibility index (Phi) is 3.61. The van der Waals surface area contributed by atoms with Gasteiger partial charge in [-0.15, -0.1) is 0 Å². The summed E-state index contributed by atoms with van der Waals surface area (Å²) in [6.45, 7) is 3.77. The molecular weight excluding hydrogens is 328 g/mol. The lowest BCUT2D eigenvalue weighted by Crippen LogP contribution is -2.26. The topological polar surface area (TPSA) is 76.0 Å². The summed E-state index contributed by atoms with van der Waals surface area (Å²) in [4.78, 5) is 28.5. The summed E-state index contributed by atoms with van der Waals surface area (Å²) in [6, 6.07) is 12.7. The van der Waals surface area contributed by atoms with Gasteiger partial charge >= 0.3 is 0 Å². The summed E-state index contributed by atoms with van der Waals surface area (Å²) in [5, 5.41) is 5.74. The van der Waals surface area contributed by atoms with Crippen molar-refractivity contribution in [2.75, 3.05) is 10.6 Å². The van der Waals surface area contributed by atoms with Gasteiger partial charge in [0.2, 0.25) is 5.91 Å². The first-order valence-corrected chi connectivity index (χ1v) is 8.31. The lowest BCUT2D eigenvalue weighted by molar-refractivity contribution is -0.119. The lowest BCUT2D eigenvalue weighted by atomic mass is 9.86. The number of anilines is 2. The molecule has 0 saturated heterocycles. The summed E-state index contributed by atoms with van der Waals surface area (Å²) in [7, 11) is 0. The maximum atomic E-state index is 12.5. The molecule has 0 radical (unpaired) electrons. The average Bonchev–Trinajstić information content (AvgIpc) is 3.23. The van der Waals surface area contributed by atoms with Crippen LogP contribution in [0.4, 0.5) is 11.4 Å². The molecule has 26 heavy (non-hydrogen) atoms. The SMILES string of the molecule is CC1(C)C(=O)Nc2cc(NC(=O)c3ccc(-n4ccnc4)cc3)ccc21. The molecule has 6 heteroatoms. The van der Waals surface area contributed by atoms with Crippen LogP contribution >= 0.6 is 0 Å². The summed E-state index contributed by atoms with van der Waals surface area (Å²) < 4.78 is 1.87. The highest BCUT2D eigenvalue weighted by atomic mass is 16.2. The molecule has 2 amide bonds. The van der Waals surface area contributed by atoms with Crippen molar-refractivity contribution < 1.29 is 9.59 Å². The molecule has 6 nitrogen and oxygen atoms in total. The number of aromatic nitrogens is 2. The van der Waals surface area contributed by atoms with E-state index >= 15 is 0 Å². The fourth-order valence-electron chi connectivity index (χ4n) is 3.07. The lowest BCUT2D eigenvalue weighted by Gasteiger charge is -2.15. The normalized spacial score (nSPS) is 14.6. The molecule has 0 spiro atoms. The second kappa shape index (κ2) is 5.84. The van der Waals surface area contributed by atoms with Crippen LogP contribution in [0.5, 0.6) is 0 Å². The smallest absolute Gasteiger partial charge is 0.255 e. The van der Waals surface area contributed by atoms with E-state index in [0.717, 1.165) is 16.9 Å². The molecule has 0 bridgehead atoms. The molecule has 1 aliphatic heterocycles. The first kappa shape index (κ1) is 16.1. The van der Waals surface area contributed by atoms with E-state index in [0.29, 0.717) is 11.3 Å². The van der Waals surface area contributed by atoms with Gasteiger partial charge in [-0.2, -0.15) is 0 Å². The van der Waals surface area contributed by atoms with Crippen LogP contribution < -0.4 is 10.6 Å². The number of rotatable bonds is 3. The van der Waals surface area contributed by atoms with Crippen LogP contribution in [0.2, 0.25) is 0 Å². The molecular formula is C20H18N4O2. The Morgan fingerprint density at radius 1 is 1.15 bits per heavy atom.